The van der Waals surface area contributed by atoms with Gasteiger partial charge in [-0.05, 0) is 60.9 Å². The number of hydrogen-bond acceptors (Lipinski definition) is 2. The van der Waals surface area contributed by atoms with Gasteiger partial charge in [0.1, 0.15) is 5.82 Å². The summed E-state index contributed by atoms with van der Waals surface area (Å²) in [5, 5.41) is 0.751. The number of aromatic nitrogens is 2. The summed E-state index contributed by atoms with van der Waals surface area (Å²) in [7, 11) is 1.69. The number of aryl methyl sites for hydroxylation is 2. The highest BCUT2D eigenvalue weighted by atomic mass is 35.5. The van der Waals surface area contributed by atoms with Gasteiger partial charge < -0.3 is 9.30 Å². The van der Waals surface area contributed by atoms with Crippen LogP contribution in [0.4, 0.5) is 0 Å². The molecule has 0 spiro atoms. The highest BCUT2D eigenvalue weighted by Gasteiger charge is 2.11. The lowest BCUT2D eigenvalue weighted by molar-refractivity contribution is 0.234. The molecule has 0 saturated heterocycles. The van der Waals surface area contributed by atoms with E-state index in [1.165, 1.54) is 16.7 Å². The Morgan fingerprint density at radius 1 is 1.08 bits per heavy atom. The van der Waals surface area contributed by atoms with Gasteiger partial charge in [-0.1, -0.05) is 43.7 Å². The van der Waals surface area contributed by atoms with E-state index < -0.39 is 0 Å². The molecule has 1 heterocycles. The predicted octanol–water partition coefficient (Wildman–Crippen LogP) is 6.04. The molecule has 0 radical (unpaired) electrons. The fourth-order valence-corrected chi connectivity index (χ4v) is 2.84. The first-order valence-electron chi connectivity index (χ1n) is 8.96. The Morgan fingerprint density at radius 3 is 2.38 bits per heavy atom. The molecule has 3 rings (SSSR count). The molecule has 0 N–H and O–H groups in total. The summed E-state index contributed by atoms with van der Waals surface area (Å²) < 4.78 is 7.34. The quantitative estimate of drug-likeness (QED) is 0.547. The van der Waals surface area contributed by atoms with Crippen LogP contribution in [0.2, 0.25) is 5.02 Å². The van der Waals surface area contributed by atoms with Crippen LogP contribution < -0.4 is 0 Å². The SMILES string of the molecule is CC.COC/C=C/c1nc2cc(C)c(C)cc2n1Cc1ccc(Cl)cc1. The highest BCUT2D eigenvalue weighted by molar-refractivity contribution is 6.30. The Kier molecular flexibility index (Phi) is 7.43. The third-order valence-corrected chi connectivity index (χ3v) is 4.43. The summed E-state index contributed by atoms with van der Waals surface area (Å²) in [6.07, 6.45) is 4.00. The number of ether oxygens (including phenoxy) is 1. The molecule has 26 heavy (non-hydrogen) atoms. The topological polar surface area (TPSA) is 27.1 Å². The second-order valence-electron chi connectivity index (χ2n) is 5.97. The van der Waals surface area contributed by atoms with Gasteiger partial charge in [-0.25, -0.2) is 4.98 Å². The number of halogens is 1. The molecule has 0 bridgehead atoms. The van der Waals surface area contributed by atoms with Crippen molar-refractivity contribution >= 4 is 28.7 Å². The van der Waals surface area contributed by atoms with Crippen LogP contribution in [0.3, 0.4) is 0 Å². The molecule has 0 aliphatic carbocycles. The summed E-state index contributed by atoms with van der Waals surface area (Å²) in [5.74, 6) is 0.932. The highest BCUT2D eigenvalue weighted by Crippen LogP contribution is 2.23. The third kappa shape index (κ3) is 4.75. The van der Waals surface area contributed by atoms with E-state index in [2.05, 4.69) is 42.7 Å². The summed E-state index contributed by atoms with van der Waals surface area (Å²) in [5.41, 5.74) is 5.88. The second-order valence-corrected chi connectivity index (χ2v) is 6.40. The lowest BCUT2D eigenvalue weighted by Gasteiger charge is -2.09. The van der Waals surface area contributed by atoms with Crippen LogP contribution in [0.1, 0.15) is 36.4 Å². The number of hydrogen-bond donors (Lipinski definition) is 0. The average molecular weight is 371 g/mol. The van der Waals surface area contributed by atoms with E-state index in [0.29, 0.717) is 6.61 Å². The summed E-state index contributed by atoms with van der Waals surface area (Å²) in [6, 6.07) is 12.3. The largest absolute Gasteiger partial charge is 0.381 e. The van der Waals surface area contributed by atoms with Crippen molar-refractivity contribution in [1.29, 1.82) is 0 Å². The van der Waals surface area contributed by atoms with Crippen molar-refractivity contribution in [2.24, 2.45) is 0 Å². The standard InChI is InChI=1S/C20H21ClN2O.C2H6/c1-14-11-18-19(12-15(14)2)23(20(22-18)5-4-10-24-3)13-16-6-8-17(21)9-7-16;1-2/h4-9,11-12H,10,13H2,1-3H3;1-2H3/b5-4+;. The molecule has 1 aromatic heterocycles. The second kappa shape index (κ2) is 9.56. The van der Waals surface area contributed by atoms with E-state index in [-0.39, 0.29) is 0 Å². The van der Waals surface area contributed by atoms with Gasteiger partial charge in [0.15, 0.2) is 0 Å². The van der Waals surface area contributed by atoms with Crippen LogP contribution in [0, 0.1) is 13.8 Å². The summed E-state index contributed by atoms with van der Waals surface area (Å²) in [6.45, 7) is 9.58. The van der Waals surface area contributed by atoms with Crippen LogP contribution in [0.5, 0.6) is 0 Å². The molecule has 0 saturated carbocycles. The molecule has 0 aliphatic heterocycles. The summed E-state index contributed by atoms with van der Waals surface area (Å²) in [4.78, 5) is 4.79. The Bertz CT molecular complexity index is 879. The van der Waals surface area contributed by atoms with Crippen molar-refractivity contribution in [3.63, 3.8) is 0 Å². The normalized spacial score (nSPS) is 11.0. The Labute approximate surface area is 161 Å². The van der Waals surface area contributed by atoms with Gasteiger partial charge >= 0.3 is 0 Å². The lowest BCUT2D eigenvalue weighted by Crippen LogP contribution is -2.02. The zero-order valence-corrected chi connectivity index (χ0v) is 17.0. The van der Waals surface area contributed by atoms with Crippen LogP contribution in [0.15, 0.2) is 42.5 Å². The number of rotatable bonds is 5. The first-order chi connectivity index (χ1) is 12.6. The number of nitrogens with zero attached hydrogens (tertiary/aromatic N) is 2. The minimum atomic E-state index is 0.572. The molecule has 0 atom stereocenters. The van der Waals surface area contributed by atoms with Crippen molar-refractivity contribution in [3.8, 4) is 0 Å². The molecular formula is C22H27ClN2O. The maximum Gasteiger partial charge on any atom is 0.133 e. The van der Waals surface area contributed by atoms with E-state index in [4.69, 9.17) is 21.3 Å². The Morgan fingerprint density at radius 2 is 1.73 bits per heavy atom. The maximum atomic E-state index is 6.00. The fraction of sp³-hybridized carbons (Fsp3) is 0.318. The van der Waals surface area contributed by atoms with Gasteiger partial charge in [-0.15, -0.1) is 0 Å². The zero-order valence-electron chi connectivity index (χ0n) is 16.2. The molecule has 3 aromatic rings. The minimum absolute atomic E-state index is 0.572. The fourth-order valence-electron chi connectivity index (χ4n) is 2.71. The molecule has 138 valence electrons. The van der Waals surface area contributed by atoms with Gasteiger partial charge in [0, 0.05) is 18.7 Å². The molecule has 0 aliphatic rings. The van der Waals surface area contributed by atoms with Gasteiger partial charge in [0.05, 0.1) is 17.6 Å². The monoisotopic (exact) mass is 370 g/mol. The van der Waals surface area contributed by atoms with Crippen molar-refractivity contribution in [2.45, 2.75) is 34.2 Å². The van der Waals surface area contributed by atoms with E-state index in [1.54, 1.807) is 7.11 Å². The van der Waals surface area contributed by atoms with Gasteiger partial charge in [-0.2, -0.15) is 0 Å². The van der Waals surface area contributed by atoms with Crippen molar-refractivity contribution < 1.29 is 4.74 Å². The molecule has 4 heteroatoms. The Balaban J connectivity index is 0.00000117. The smallest absolute Gasteiger partial charge is 0.133 e. The average Bonchev–Trinajstić information content (AvgIpc) is 2.96. The predicted molar refractivity (Wildman–Crippen MR) is 112 cm³/mol. The van der Waals surface area contributed by atoms with E-state index >= 15 is 0 Å². The van der Waals surface area contributed by atoms with Crippen LogP contribution in [-0.2, 0) is 11.3 Å². The Hall–Kier alpha value is -2.10. The number of benzene rings is 2. The lowest BCUT2D eigenvalue weighted by atomic mass is 10.1. The van der Waals surface area contributed by atoms with Crippen LogP contribution in [-0.4, -0.2) is 23.3 Å². The van der Waals surface area contributed by atoms with Crippen LogP contribution in [0.25, 0.3) is 17.1 Å². The third-order valence-electron chi connectivity index (χ3n) is 4.18. The number of methoxy groups -OCH3 is 1. The number of fused-ring (bicyclic) bond motifs is 1. The molecular weight excluding hydrogens is 344 g/mol. The van der Waals surface area contributed by atoms with E-state index in [1.807, 2.05) is 38.1 Å². The molecule has 0 amide bonds. The molecule has 2 aromatic carbocycles. The first kappa shape index (κ1) is 20.2. The van der Waals surface area contributed by atoms with Crippen molar-refractivity contribution in [3.05, 3.63) is 70.0 Å². The van der Waals surface area contributed by atoms with E-state index in [9.17, 15) is 0 Å². The van der Waals surface area contributed by atoms with Gasteiger partial charge in [-0.3, -0.25) is 0 Å². The molecule has 0 unspecified atom stereocenters. The van der Waals surface area contributed by atoms with Gasteiger partial charge in [0.2, 0.25) is 0 Å². The maximum absolute atomic E-state index is 6.00. The van der Waals surface area contributed by atoms with E-state index in [0.717, 1.165) is 28.4 Å². The molecule has 0 fully saturated rings. The molecule has 3 nitrogen and oxygen atoms in total. The number of imidazole rings is 1. The van der Waals surface area contributed by atoms with Crippen molar-refractivity contribution in [2.75, 3.05) is 13.7 Å². The summed E-state index contributed by atoms with van der Waals surface area (Å²) >= 11 is 6.00. The minimum Gasteiger partial charge on any atom is -0.381 e. The van der Waals surface area contributed by atoms with Crippen molar-refractivity contribution in [1.82, 2.24) is 9.55 Å². The zero-order chi connectivity index (χ0) is 19.1. The van der Waals surface area contributed by atoms with Gasteiger partial charge in [0.25, 0.3) is 0 Å². The first-order valence-corrected chi connectivity index (χ1v) is 9.33. The van der Waals surface area contributed by atoms with Crippen LogP contribution >= 0.6 is 11.6 Å².